The second kappa shape index (κ2) is 7.92. The number of carbonyl (C=O) groups excluding carboxylic acids is 1. The standard InChI is InChI=1S/C16H23BrO4/c1-5-21-15(19)16(3,17)14(18)11(2)13(20-4)12-9-7-6-8-10-12/h6-11,13-14,18H,5H2,1-4H3/t11-,13+,14+,16?/m1/s1. The largest absolute Gasteiger partial charge is 0.465 e. The van der Waals surface area contributed by atoms with E-state index in [0.29, 0.717) is 0 Å². The maximum atomic E-state index is 12.0. The van der Waals surface area contributed by atoms with Crippen LogP contribution in [0.2, 0.25) is 0 Å². The topological polar surface area (TPSA) is 55.8 Å². The molecule has 0 saturated heterocycles. The Morgan fingerprint density at radius 2 is 1.95 bits per heavy atom. The first kappa shape index (κ1) is 18.1. The van der Waals surface area contributed by atoms with Gasteiger partial charge in [-0.3, -0.25) is 4.79 Å². The van der Waals surface area contributed by atoms with E-state index in [0.717, 1.165) is 5.56 Å². The molecule has 0 aliphatic carbocycles. The molecule has 118 valence electrons. The van der Waals surface area contributed by atoms with Crippen molar-refractivity contribution in [1.29, 1.82) is 0 Å². The molecule has 1 N–H and O–H groups in total. The minimum absolute atomic E-state index is 0.271. The lowest BCUT2D eigenvalue weighted by atomic mass is 9.86. The summed E-state index contributed by atoms with van der Waals surface area (Å²) in [4.78, 5) is 12.0. The van der Waals surface area contributed by atoms with Crippen LogP contribution in [0, 0.1) is 5.92 Å². The van der Waals surface area contributed by atoms with Crippen LogP contribution in [0.3, 0.4) is 0 Å². The molecule has 0 heterocycles. The van der Waals surface area contributed by atoms with Crippen molar-refractivity contribution in [3.05, 3.63) is 35.9 Å². The lowest BCUT2D eigenvalue weighted by Crippen LogP contribution is -2.47. The molecule has 0 amide bonds. The predicted molar refractivity (Wildman–Crippen MR) is 85.3 cm³/mol. The fraction of sp³-hybridized carbons (Fsp3) is 0.562. The molecular formula is C16H23BrO4. The summed E-state index contributed by atoms with van der Waals surface area (Å²) in [5, 5.41) is 10.6. The van der Waals surface area contributed by atoms with Gasteiger partial charge in [0.25, 0.3) is 0 Å². The fourth-order valence-corrected chi connectivity index (χ4v) is 2.88. The Kier molecular flexibility index (Phi) is 6.84. The molecule has 1 rings (SSSR count). The molecule has 5 heteroatoms. The summed E-state index contributed by atoms with van der Waals surface area (Å²) in [7, 11) is 1.59. The average Bonchev–Trinajstić information content (AvgIpc) is 2.48. The Morgan fingerprint density at radius 1 is 1.38 bits per heavy atom. The number of hydrogen-bond donors (Lipinski definition) is 1. The van der Waals surface area contributed by atoms with Crippen molar-refractivity contribution in [3.8, 4) is 0 Å². The zero-order valence-corrected chi connectivity index (χ0v) is 14.5. The van der Waals surface area contributed by atoms with Gasteiger partial charge in [0, 0.05) is 13.0 Å². The van der Waals surface area contributed by atoms with Gasteiger partial charge in [-0.2, -0.15) is 0 Å². The van der Waals surface area contributed by atoms with Crippen molar-refractivity contribution in [1.82, 2.24) is 0 Å². The number of rotatable bonds is 7. The molecule has 0 radical (unpaired) electrons. The third-order valence-electron chi connectivity index (χ3n) is 3.59. The summed E-state index contributed by atoms with van der Waals surface area (Å²) in [6.07, 6.45) is -1.27. The van der Waals surface area contributed by atoms with Crippen LogP contribution in [0.25, 0.3) is 0 Å². The first-order chi connectivity index (χ1) is 9.86. The molecule has 0 fully saturated rings. The normalized spacial score (nSPS) is 18.4. The van der Waals surface area contributed by atoms with Crippen LogP contribution < -0.4 is 0 Å². The Hall–Kier alpha value is -0.910. The first-order valence-corrected chi connectivity index (χ1v) is 7.77. The van der Waals surface area contributed by atoms with Crippen molar-refractivity contribution >= 4 is 21.9 Å². The lowest BCUT2D eigenvalue weighted by molar-refractivity contribution is -0.150. The van der Waals surface area contributed by atoms with Gasteiger partial charge in [0.05, 0.1) is 18.8 Å². The molecule has 0 bridgehead atoms. The minimum atomic E-state index is -1.17. The number of alkyl halides is 1. The smallest absolute Gasteiger partial charge is 0.325 e. The van der Waals surface area contributed by atoms with Crippen LogP contribution in [0.15, 0.2) is 30.3 Å². The van der Waals surface area contributed by atoms with Crippen LogP contribution in [0.4, 0.5) is 0 Å². The summed E-state index contributed by atoms with van der Waals surface area (Å²) >= 11 is 3.30. The van der Waals surface area contributed by atoms with Crippen molar-refractivity contribution < 1.29 is 19.4 Å². The van der Waals surface area contributed by atoms with Crippen LogP contribution in [-0.4, -0.2) is 35.2 Å². The van der Waals surface area contributed by atoms with Crippen molar-refractivity contribution in [2.24, 2.45) is 5.92 Å². The summed E-state index contributed by atoms with van der Waals surface area (Å²) < 4.78 is 9.36. The molecule has 0 saturated carbocycles. The summed E-state index contributed by atoms with van der Waals surface area (Å²) in [5.41, 5.74) is 0.957. The fourth-order valence-electron chi connectivity index (χ4n) is 2.35. The highest BCUT2D eigenvalue weighted by Crippen LogP contribution is 2.36. The number of aliphatic hydroxyl groups excluding tert-OH is 1. The van der Waals surface area contributed by atoms with Gasteiger partial charge in [-0.15, -0.1) is 0 Å². The van der Waals surface area contributed by atoms with Gasteiger partial charge in [-0.1, -0.05) is 53.2 Å². The number of halogens is 1. The highest BCUT2D eigenvalue weighted by atomic mass is 79.9. The minimum Gasteiger partial charge on any atom is -0.465 e. The second-order valence-electron chi connectivity index (χ2n) is 5.17. The molecule has 0 spiro atoms. The lowest BCUT2D eigenvalue weighted by Gasteiger charge is -2.34. The average molecular weight is 359 g/mol. The van der Waals surface area contributed by atoms with Crippen LogP contribution >= 0.6 is 15.9 Å². The highest BCUT2D eigenvalue weighted by molar-refractivity contribution is 9.10. The Morgan fingerprint density at radius 3 is 2.43 bits per heavy atom. The van der Waals surface area contributed by atoms with E-state index in [4.69, 9.17) is 9.47 Å². The van der Waals surface area contributed by atoms with E-state index in [1.807, 2.05) is 37.3 Å². The van der Waals surface area contributed by atoms with E-state index in [1.54, 1.807) is 21.0 Å². The van der Waals surface area contributed by atoms with Gasteiger partial charge >= 0.3 is 5.97 Å². The number of ether oxygens (including phenoxy) is 2. The SMILES string of the molecule is CCOC(=O)C(C)(Br)[C@@H](O)[C@H](C)[C@H](OC)c1ccccc1. The zero-order valence-electron chi connectivity index (χ0n) is 12.9. The number of aliphatic hydroxyl groups is 1. The van der Waals surface area contributed by atoms with Crippen molar-refractivity contribution in [2.45, 2.75) is 37.3 Å². The number of carbonyl (C=O) groups is 1. The molecule has 1 aromatic rings. The van der Waals surface area contributed by atoms with E-state index in [-0.39, 0.29) is 18.6 Å². The summed E-state index contributed by atoms with van der Waals surface area (Å²) in [6.45, 7) is 5.47. The van der Waals surface area contributed by atoms with E-state index in [9.17, 15) is 9.90 Å². The van der Waals surface area contributed by atoms with Gasteiger partial charge in [-0.05, 0) is 19.4 Å². The Bertz CT molecular complexity index is 447. The molecule has 0 aromatic heterocycles. The predicted octanol–water partition coefficient (Wildman–Crippen LogP) is 3.09. The molecule has 4 nitrogen and oxygen atoms in total. The summed E-state index contributed by atoms with van der Waals surface area (Å²) in [6, 6.07) is 9.63. The molecule has 0 aliphatic rings. The van der Waals surface area contributed by atoms with Crippen molar-refractivity contribution in [3.63, 3.8) is 0 Å². The molecule has 21 heavy (non-hydrogen) atoms. The molecule has 4 atom stereocenters. The molecule has 1 unspecified atom stereocenters. The van der Waals surface area contributed by atoms with Crippen LogP contribution in [-0.2, 0) is 14.3 Å². The molecular weight excluding hydrogens is 336 g/mol. The monoisotopic (exact) mass is 358 g/mol. The first-order valence-electron chi connectivity index (χ1n) is 6.98. The number of hydrogen-bond acceptors (Lipinski definition) is 4. The van der Waals surface area contributed by atoms with E-state index in [1.165, 1.54) is 0 Å². The van der Waals surface area contributed by atoms with E-state index < -0.39 is 16.4 Å². The highest BCUT2D eigenvalue weighted by Gasteiger charge is 2.44. The Balaban J connectivity index is 2.94. The third kappa shape index (κ3) is 4.28. The third-order valence-corrected chi connectivity index (χ3v) is 4.38. The number of methoxy groups -OCH3 is 1. The molecule has 0 aliphatic heterocycles. The number of esters is 1. The van der Waals surface area contributed by atoms with Gasteiger partial charge in [0.15, 0.2) is 0 Å². The van der Waals surface area contributed by atoms with Gasteiger partial charge in [0.1, 0.15) is 4.32 Å². The quantitative estimate of drug-likeness (QED) is 0.601. The van der Waals surface area contributed by atoms with Crippen LogP contribution in [0.1, 0.15) is 32.4 Å². The van der Waals surface area contributed by atoms with Crippen molar-refractivity contribution in [2.75, 3.05) is 13.7 Å². The molecule has 1 aromatic carbocycles. The Labute approximate surface area is 134 Å². The van der Waals surface area contributed by atoms with E-state index in [2.05, 4.69) is 15.9 Å². The maximum Gasteiger partial charge on any atom is 0.325 e. The van der Waals surface area contributed by atoms with E-state index >= 15 is 0 Å². The number of benzene rings is 1. The zero-order chi connectivity index (χ0) is 16.0. The van der Waals surface area contributed by atoms with Gasteiger partial charge in [0.2, 0.25) is 0 Å². The summed E-state index contributed by atoms with van der Waals surface area (Å²) in [5.74, 6) is -0.779. The van der Waals surface area contributed by atoms with Gasteiger partial charge < -0.3 is 14.6 Å². The maximum absolute atomic E-state index is 12.0. The van der Waals surface area contributed by atoms with Gasteiger partial charge in [-0.25, -0.2) is 0 Å². The van der Waals surface area contributed by atoms with Crippen LogP contribution in [0.5, 0.6) is 0 Å². The second-order valence-corrected chi connectivity index (χ2v) is 6.81.